The minimum absolute atomic E-state index is 0.0256. The number of amides is 1. The Hall–Kier alpha value is -6.86. The number of methoxy groups -OCH3 is 2. The van der Waals surface area contributed by atoms with Crippen molar-refractivity contribution in [1.82, 2.24) is 10.0 Å². The molecule has 6 aromatic rings. The van der Waals surface area contributed by atoms with Crippen LogP contribution in [0.3, 0.4) is 0 Å². The summed E-state index contributed by atoms with van der Waals surface area (Å²) in [5, 5.41) is 56.6. The molecule has 0 spiro atoms. The molecule has 8 unspecified atom stereocenters. The lowest BCUT2D eigenvalue weighted by molar-refractivity contribution is -0.153. The first-order chi connectivity index (χ1) is 48.9. The predicted octanol–water partition coefficient (Wildman–Crippen LogP) is 13.8. The molecule has 572 valence electrons. The van der Waals surface area contributed by atoms with Gasteiger partial charge in [-0.25, -0.2) is 45.9 Å². The summed E-state index contributed by atoms with van der Waals surface area (Å²) < 4.78 is 95.3. The number of hydrogen-bond acceptors (Lipinski definition) is 17. The summed E-state index contributed by atoms with van der Waals surface area (Å²) in [5.41, 5.74) is 0.936. The fraction of sp³-hybridized carbons (Fsp3) is 0.386. The Labute approximate surface area is 651 Å². The van der Waals surface area contributed by atoms with Crippen LogP contribution in [0.15, 0.2) is 172 Å². The maximum absolute atomic E-state index is 12.1. The van der Waals surface area contributed by atoms with Gasteiger partial charge in [-0.1, -0.05) is 122 Å². The number of sulfonamides is 1. The molecule has 0 aliphatic heterocycles. The number of carbonyl (C=O) groups is 7. The average molecular weight is 1870 g/mol. The van der Waals surface area contributed by atoms with Crippen molar-refractivity contribution < 1.29 is 119 Å². The van der Waals surface area contributed by atoms with Crippen molar-refractivity contribution in [3.05, 3.63) is 178 Å². The lowest BCUT2D eigenvalue weighted by Crippen LogP contribution is -2.45. The normalized spacial score (nSPS) is 15.0. The van der Waals surface area contributed by atoms with E-state index in [9.17, 15) is 55.9 Å². The first kappa shape index (κ1) is 93.2. The molecule has 0 saturated heterocycles. The Morgan fingerprint density at radius 3 is 1.12 bits per heavy atom. The number of rotatable bonds is 34. The fourth-order valence-electron chi connectivity index (χ4n) is 8.61. The average Bonchev–Trinajstić information content (AvgIpc) is 0.817. The van der Waals surface area contributed by atoms with Gasteiger partial charge in [-0.05, 0) is 165 Å². The van der Waals surface area contributed by atoms with Crippen molar-refractivity contribution in [1.29, 1.82) is 0 Å². The summed E-state index contributed by atoms with van der Waals surface area (Å²) in [7, 11) is -0.379. The third kappa shape index (κ3) is 40.0. The monoisotopic (exact) mass is 1860 g/mol. The zero-order valence-electron chi connectivity index (χ0n) is 57.1. The summed E-state index contributed by atoms with van der Waals surface area (Å²) >= 11 is 19.7. The van der Waals surface area contributed by atoms with Crippen LogP contribution >= 0.6 is 95.6 Å². The van der Waals surface area contributed by atoms with Gasteiger partial charge in [0.25, 0.3) is 0 Å². The van der Waals surface area contributed by atoms with Gasteiger partial charge in [0.1, 0.15) is 28.7 Å². The number of ether oxygens (including phenoxy) is 8. The van der Waals surface area contributed by atoms with Crippen LogP contribution in [0.5, 0.6) is 28.7 Å². The van der Waals surface area contributed by atoms with E-state index in [1.807, 2.05) is 43.3 Å². The molecular formula is C70H82Br6F2N2O23S. The second-order valence-corrected chi connectivity index (χ2v) is 29.8. The van der Waals surface area contributed by atoms with Crippen LogP contribution in [0.25, 0.3) is 0 Å². The van der Waals surface area contributed by atoms with Crippen LogP contribution in [0.1, 0.15) is 52.5 Å². The summed E-state index contributed by atoms with van der Waals surface area (Å²) in [6.07, 6.45) is -5.91. The maximum Gasteiger partial charge on any atom is 0.346 e. The van der Waals surface area contributed by atoms with Gasteiger partial charge in [0.15, 0.2) is 18.3 Å². The second kappa shape index (κ2) is 49.8. The SMILES string of the molecule is CC(=O)NCC(Cc1ccc(Br)cc1)C(=O)O.CCOC1CC(C(Oc2ccc(Br)cc2)C(=O)O)C1.COCC(C)C(Oc1ccc(Br)cc1)C(=O)O.COCC(C)C(Oc1ccc(Br)cc1)C(=O)O.CS(=O)(=O)NCC(Oc1ccc(Br)cc1)C(=O)O.O=C(O)C(CC(F)F)Oc1ccc(Br)cc1. The molecule has 0 bridgehead atoms. The van der Waals surface area contributed by atoms with E-state index in [1.54, 1.807) is 111 Å². The van der Waals surface area contributed by atoms with Gasteiger partial charge in [0.05, 0.1) is 44.5 Å². The van der Waals surface area contributed by atoms with E-state index < -0.39 is 95.1 Å². The zero-order valence-corrected chi connectivity index (χ0v) is 67.5. The quantitative estimate of drug-likeness (QED) is 0.0186. The summed E-state index contributed by atoms with van der Waals surface area (Å²) in [6.45, 7) is 8.05. The molecular weight excluding hydrogens is 1790 g/mol. The highest BCUT2D eigenvalue weighted by molar-refractivity contribution is 9.11. The molecule has 1 saturated carbocycles. The number of nitrogens with one attached hydrogen (secondary N) is 2. The van der Waals surface area contributed by atoms with E-state index >= 15 is 0 Å². The van der Waals surface area contributed by atoms with Gasteiger partial charge in [0.2, 0.25) is 34.6 Å². The molecule has 1 aliphatic rings. The Kier molecular flexibility index (Phi) is 44.7. The fourth-order valence-corrected chi connectivity index (χ4v) is 10.7. The molecule has 0 radical (unpaired) electrons. The number of aliphatic carboxylic acids is 6. The molecule has 1 aliphatic carbocycles. The van der Waals surface area contributed by atoms with Crippen molar-refractivity contribution in [2.24, 2.45) is 23.7 Å². The molecule has 25 nitrogen and oxygen atoms in total. The molecule has 1 amide bonds. The van der Waals surface area contributed by atoms with E-state index in [-0.39, 0.29) is 48.6 Å². The molecule has 34 heteroatoms. The van der Waals surface area contributed by atoms with Gasteiger partial charge >= 0.3 is 35.8 Å². The highest BCUT2D eigenvalue weighted by Gasteiger charge is 2.41. The molecule has 6 aromatic carbocycles. The van der Waals surface area contributed by atoms with E-state index in [4.69, 9.17) is 63.4 Å². The van der Waals surface area contributed by atoms with Crippen LogP contribution in [-0.4, -0.2) is 177 Å². The van der Waals surface area contributed by atoms with Crippen molar-refractivity contribution in [3.63, 3.8) is 0 Å². The van der Waals surface area contributed by atoms with Gasteiger partial charge in [0, 0.05) is 78.9 Å². The Bertz CT molecular complexity index is 3590. The number of carbonyl (C=O) groups excluding carboxylic acids is 1. The molecule has 0 heterocycles. The van der Waals surface area contributed by atoms with Gasteiger partial charge in [-0.2, -0.15) is 0 Å². The molecule has 1 fully saturated rings. The molecule has 0 aromatic heterocycles. The van der Waals surface area contributed by atoms with Crippen LogP contribution in [0.2, 0.25) is 0 Å². The van der Waals surface area contributed by atoms with Gasteiger partial charge < -0.3 is 73.9 Å². The maximum atomic E-state index is 12.1. The lowest BCUT2D eigenvalue weighted by atomic mass is 9.78. The number of hydrogen-bond donors (Lipinski definition) is 8. The molecule has 104 heavy (non-hydrogen) atoms. The highest BCUT2D eigenvalue weighted by atomic mass is 79.9. The Balaban J connectivity index is 0.000000424. The topological polar surface area (TPSA) is 373 Å². The summed E-state index contributed by atoms with van der Waals surface area (Å²) in [5.74, 6) is -5.43. The number of carboxylic acid groups (broad SMARTS) is 6. The first-order valence-corrected chi connectivity index (χ1v) is 37.9. The third-order valence-electron chi connectivity index (χ3n) is 13.8. The third-order valence-corrected chi connectivity index (χ3v) is 17.7. The van der Waals surface area contributed by atoms with Gasteiger partial charge in [-0.15, -0.1) is 0 Å². The Morgan fingerprint density at radius 2 is 0.827 bits per heavy atom. The number of benzene rings is 6. The summed E-state index contributed by atoms with van der Waals surface area (Å²) in [4.78, 5) is 76.8. The highest BCUT2D eigenvalue weighted by Crippen LogP contribution is 2.35. The number of carboxylic acids is 6. The number of alkyl halides is 2. The molecule has 8 N–H and O–H groups in total. The van der Waals surface area contributed by atoms with E-state index in [0.29, 0.717) is 49.2 Å². The minimum Gasteiger partial charge on any atom is -0.481 e. The van der Waals surface area contributed by atoms with Crippen molar-refractivity contribution in [3.8, 4) is 28.7 Å². The van der Waals surface area contributed by atoms with Crippen LogP contribution in [-0.2, 0) is 64.2 Å². The zero-order chi connectivity index (χ0) is 78.2. The predicted molar refractivity (Wildman–Crippen MR) is 402 cm³/mol. The molecule has 7 rings (SSSR count). The van der Waals surface area contributed by atoms with Crippen molar-refractivity contribution in [2.75, 3.05) is 53.4 Å². The first-order valence-electron chi connectivity index (χ1n) is 31.2. The smallest absolute Gasteiger partial charge is 0.346 e. The standard InChI is InChI=1S/C14H17BrO4.C12H14BrNO3.2C12H15BrO4.C10H9BrF2O3.C10H12BrNO5S/c1-2-18-12-7-9(8-12)13(14(16)17)19-11-5-3-10(15)4-6-11;1-8(15)14-7-10(12(16)17)6-9-2-4-11(13)5-3-9;2*1-8(7-16-2)11(12(14)15)17-10-5-3-9(13)4-6-10;11-6-1-3-7(4-2-6)16-8(10(14)15)5-9(12)13;1-18(15,16)12-6-9(10(13)14)17-8-4-2-7(11)3-5-8/h3-6,9,12-13H,2,7-8H2,1H3,(H,16,17);2-5,10H,6-7H2,1H3,(H,14,15)(H,16,17);2*3-6,8,11H,7H2,1-2H3,(H,14,15);1-4,8-9H,5H2,(H,14,15);2-5,9,12H,6H2,1H3,(H,13,14). The van der Waals surface area contributed by atoms with E-state index in [2.05, 4.69) is 106 Å². The van der Waals surface area contributed by atoms with Crippen LogP contribution in [0.4, 0.5) is 8.78 Å². The van der Waals surface area contributed by atoms with Crippen molar-refractivity contribution >= 4 is 147 Å². The second-order valence-electron chi connectivity index (χ2n) is 22.5. The minimum atomic E-state index is -3.45. The summed E-state index contributed by atoms with van der Waals surface area (Å²) in [6, 6.07) is 41.6. The largest absolute Gasteiger partial charge is 0.481 e. The lowest BCUT2D eigenvalue weighted by Gasteiger charge is -2.38. The number of halogens is 8. The van der Waals surface area contributed by atoms with E-state index in [1.165, 1.54) is 33.3 Å². The van der Waals surface area contributed by atoms with Crippen LogP contribution in [0, 0.1) is 23.7 Å². The molecule has 8 atom stereocenters. The van der Waals surface area contributed by atoms with Crippen molar-refractivity contribution in [2.45, 2.75) is 96.4 Å². The van der Waals surface area contributed by atoms with Gasteiger partial charge in [-0.3, -0.25) is 9.59 Å². The Morgan fingerprint density at radius 1 is 0.490 bits per heavy atom. The van der Waals surface area contributed by atoms with E-state index in [0.717, 1.165) is 51.5 Å². The van der Waals surface area contributed by atoms with Crippen LogP contribution < -0.4 is 33.7 Å².